The Hall–Kier alpha value is -3.90. The Balaban J connectivity index is 1.34. The van der Waals surface area contributed by atoms with Crippen LogP contribution in [0.25, 0.3) is 0 Å². The Labute approximate surface area is 208 Å². The van der Waals surface area contributed by atoms with Crippen molar-refractivity contribution in [3.63, 3.8) is 0 Å². The summed E-state index contributed by atoms with van der Waals surface area (Å²) < 4.78 is 10.8. The predicted molar refractivity (Wildman–Crippen MR) is 132 cm³/mol. The molecule has 3 aromatic rings. The van der Waals surface area contributed by atoms with Gasteiger partial charge in [-0.05, 0) is 47.7 Å². The van der Waals surface area contributed by atoms with Gasteiger partial charge in [0.1, 0.15) is 16.8 Å². The fourth-order valence-corrected chi connectivity index (χ4v) is 5.24. The number of ether oxygens (including phenoxy) is 2. The Bertz CT molecular complexity index is 1240. The van der Waals surface area contributed by atoms with Gasteiger partial charge in [0.15, 0.2) is 0 Å². The van der Waals surface area contributed by atoms with E-state index in [1.54, 1.807) is 24.4 Å². The van der Waals surface area contributed by atoms with Crippen molar-refractivity contribution in [2.75, 3.05) is 25.6 Å². The van der Waals surface area contributed by atoms with E-state index in [1.807, 2.05) is 36.4 Å². The molecule has 3 heterocycles. The lowest BCUT2D eigenvalue weighted by molar-refractivity contribution is -0.116. The van der Waals surface area contributed by atoms with E-state index in [4.69, 9.17) is 9.47 Å². The molecule has 0 unspecified atom stereocenters. The van der Waals surface area contributed by atoms with Gasteiger partial charge >= 0.3 is 6.09 Å². The maximum absolute atomic E-state index is 12.6. The molecule has 4 rings (SSSR count). The van der Waals surface area contributed by atoms with Crippen LogP contribution in [0, 0.1) is 11.3 Å². The lowest BCUT2D eigenvalue weighted by atomic mass is 10.0. The van der Waals surface area contributed by atoms with Crippen LogP contribution in [0.1, 0.15) is 33.6 Å². The number of hydrogen-bond acceptors (Lipinski definition) is 7. The predicted octanol–water partition coefficient (Wildman–Crippen LogP) is 4.33. The molecule has 1 aliphatic heterocycles. The summed E-state index contributed by atoms with van der Waals surface area (Å²) in [5.41, 5.74) is 3.39. The summed E-state index contributed by atoms with van der Waals surface area (Å²) in [6.45, 7) is 1.11. The van der Waals surface area contributed by atoms with Gasteiger partial charge in [-0.1, -0.05) is 18.2 Å². The minimum Gasteiger partial charge on any atom is -0.496 e. The van der Waals surface area contributed by atoms with Crippen LogP contribution in [0.2, 0.25) is 0 Å². The molecule has 1 aromatic carbocycles. The summed E-state index contributed by atoms with van der Waals surface area (Å²) in [6.07, 6.45) is 5.01. The molecular formula is C26H26N4O4S. The molecule has 1 aliphatic rings. The number of fused-ring (bicyclic) bond motifs is 1. The van der Waals surface area contributed by atoms with E-state index in [2.05, 4.69) is 16.4 Å². The van der Waals surface area contributed by atoms with Gasteiger partial charge in [0.2, 0.25) is 5.91 Å². The van der Waals surface area contributed by atoms with E-state index >= 15 is 0 Å². The van der Waals surface area contributed by atoms with Crippen LogP contribution in [0.3, 0.4) is 0 Å². The van der Waals surface area contributed by atoms with Crippen LogP contribution >= 0.6 is 11.3 Å². The molecule has 35 heavy (non-hydrogen) atoms. The van der Waals surface area contributed by atoms with Crippen molar-refractivity contribution in [3.8, 4) is 11.8 Å². The average Bonchev–Trinajstić information content (AvgIpc) is 3.24. The first-order valence-corrected chi connectivity index (χ1v) is 12.2. The second-order valence-corrected chi connectivity index (χ2v) is 9.18. The minimum absolute atomic E-state index is 0.168. The molecule has 0 spiro atoms. The SMILES string of the molecule is COc1ccccc1CCC(=O)Nc1sc2c(c1C#N)CCN(C(=O)OCCc1ccncc1)C2. The molecule has 1 N–H and O–H groups in total. The van der Waals surface area contributed by atoms with Crippen molar-refractivity contribution < 1.29 is 19.1 Å². The third kappa shape index (κ3) is 5.97. The topological polar surface area (TPSA) is 105 Å². The van der Waals surface area contributed by atoms with E-state index < -0.39 is 0 Å². The van der Waals surface area contributed by atoms with Gasteiger partial charge in [-0.2, -0.15) is 5.26 Å². The molecule has 0 radical (unpaired) electrons. The van der Waals surface area contributed by atoms with Crippen molar-refractivity contribution in [2.45, 2.75) is 32.2 Å². The highest BCUT2D eigenvalue weighted by Gasteiger charge is 2.28. The van der Waals surface area contributed by atoms with E-state index in [0.29, 0.717) is 42.9 Å². The number of nitriles is 1. The number of thiophene rings is 1. The highest BCUT2D eigenvalue weighted by molar-refractivity contribution is 7.16. The molecule has 2 aromatic heterocycles. The first-order valence-electron chi connectivity index (χ1n) is 11.4. The molecule has 0 fully saturated rings. The number of nitrogens with zero attached hydrogens (tertiary/aromatic N) is 3. The van der Waals surface area contributed by atoms with Crippen molar-refractivity contribution in [1.82, 2.24) is 9.88 Å². The van der Waals surface area contributed by atoms with Crippen molar-refractivity contribution in [2.24, 2.45) is 0 Å². The second-order valence-electron chi connectivity index (χ2n) is 8.07. The highest BCUT2D eigenvalue weighted by Crippen LogP contribution is 2.37. The monoisotopic (exact) mass is 490 g/mol. The number of carbonyl (C=O) groups is 2. The van der Waals surface area contributed by atoms with Gasteiger partial charge in [-0.25, -0.2) is 4.79 Å². The first kappa shape index (κ1) is 24.2. The Morgan fingerprint density at radius 2 is 2.00 bits per heavy atom. The number of nitrogens with one attached hydrogen (secondary N) is 1. The molecule has 0 saturated heterocycles. The Morgan fingerprint density at radius 3 is 2.77 bits per heavy atom. The number of aromatic nitrogens is 1. The van der Waals surface area contributed by atoms with E-state index in [9.17, 15) is 14.9 Å². The maximum atomic E-state index is 12.6. The standard InChI is InChI=1S/C26H26N4O4S/c1-33-22-5-3-2-4-19(22)6-7-24(31)29-25-21(16-27)20-10-14-30(17-23(20)35-25)26(32)34-15-11-18-8-12-28-13-9-18/h2-5,8-9,12-13H,6-7,10-11,14-15,17H2,1H3,(H,29,31). The number of amides is 2. The molecule has 8 nitrogen and oxygen atoms in total. The summed E-state index contributed by atoms with van der Waals surface area (Å²) in [6, 6.07) is 13.6. The molecule has 0 atom stereocenters. The largest absolute Gasteiger partial charge is 0.496 e. The van der Waals surface area contributed by atoms with Crippen LogP contribution in [0.5, 0.6) is 5.75 Å². The molecule has 9 heteroatoms. The summed E-state index contributed by atoms with van der Waals surface area (Å²) >= 11 is 1.35. The summed E-state index contributed by atoms with van der Waals surface area (Å²) in [5.74, 6) is 0.579. The third-order valence-electron chi connectivity index (χ3n) is 5.86. The number of hydrogen-bond donors (Lipinski definition) is 1. The van der Waals surface area contributed by atoms with Crippen LogP contribution in [0.4, 0.5) is 9.80 Å². The first-order chi connectivity index (χ1) is 17.1. The van der Waals surface area contributed by atoms with Crippen LogP contribution in [-0.4, -0.2) is 42.1 Å². The summed E-state index contributed by atoms with van der Waals surface area (Å²) in [5, 5.41) is 13.2. The number of aryl methyl sites for hydroxylation is 1. The molecule has 2 amide bonds. The number of rotatable bonds is 8. The highest BCUT2D eigenvalue weighted by atomic mass is 32.1. The normalized spacial score (nSPS) is 12.4. The minimum atomic E-state index is -0.376. The third-order valence-corrected chi connectivity index (χ3v) is 6.99. The molecular weight excluding hydrogens is 464 g/mol. The van der Waals surface area contributed by atoms with Crippen LogP contribution < -0.4 is 10.1 Å². The fraction of sp³-hybridized carbons (Fsp3) is 0.308. The van der Waals surface area contributed by atoms with Gasteiger partial charge in [0.25, 0.3) is 0 Å². The molecule has 0 aliphatic carbocycles. The Morgan fingerprint density at radius 1 is 1.20 bits per heavy atom. The van der Waals surface area contributed by atoms with Gasteiger partial charge in [0, 0.05) is 36.7 Å². The zero-order valence-corrected chi connectivity index (χ0v) is 20.3. The van der Waals surface area contributed by atoms with Gasteiger partial charge in [-0.15, -0.1) is 11.3 Å². The number of para-hydroxylation sites is 1. The second kappa shape index (κ2) is 11.5. The lowest BCUT2D eigenvalue weighted by Crippen LogP contribution is -2.36. The zero-order chi connectivity index (χ0) is 24.6. The molecule has 0 saturated carbocycles. The Kier molecular flexibility index (Phi) is 7.95. The zero-order valence-electron chi connectivity index (χ0n) is 19.5. The van der Waals surface area contributed by atoms with Gasteiger partial charge < -0.3 is 19.7 Å². The number of methoxy groups -OCH3 is 1. The lowest BCUT2D eigenvalue weighted by Gasteiger charge is -2.26. The average molecular weight is 491 g/mol. The van der Waals surface area contributed by atoms with E-state index in [0.717, 1.165) is 27.3 Å². The summed E-state index contributed by atoms with van der Waals surface area (Å²) in [7, 11) is 1.61. The molecule has 0 bridgehead atoms. The number of anilines is 1. The van der Waals surface area contributed by atoms with Gasteiger partial charge in [0.05, 0.1) is 25.8 Å². The smallest absolute Gasteiger partial charge is 0.410 e. The van der Waals surface area contributed by atoms with Crippen molar-refractivity contribution in [1.29, 1.82) is 5.26 Å². The maximum Gasteiger partial charge on any atom is 0.410 e. The van der Waals surface area contributed by atoms with Crippen LogP contribution in [-0.2, 0) is 35.3 Å². The summed E-state index contributed by atoms with van der Waals surface area (Å²) in [4.78, 5) is 31.7. The molecule has 180 valence electrons. The van der Waals surface area contributed by atoms with Gasteiger partial charge in [-0.3, -0.25) is 9.78 Å². The van der Waals surface area contributed by atoms with Crippen molar-refractivity contribution >= 4 is 28.3 Å². The van der Waals surface area contributed by atoms with Crippen molar-refractivity contribution in [3.05, 3.63) is 75.9 Å². The van der Waals surface area contributed by atoms with Crippen LogP contribution in [0.15, 0.2) is 48.8 Å². The number of benzene rings is 1. The number of carbonyl (C=O) groups excluding carboxylic acids is 2. The quantitative estimate of drug-likeness (QED) is 0.504. The van der Waals surface area contributed by atoms with E-state index in [-0.39, 0.29) is 25.0 Å². The number of pyridine rings is 1. The fourth-order valence-electron chi connectivity index (χ4n) is 4.01. The van der Waals surface area contributed by atoms with E-state index in [1.165, 1.54) is 11.3 Å².